The van der Waals surface area contributed by atoms with Gasteiger partial charge in [-0.15, -0.1) is 0 Å². The Hall–Kier alpha value is -0.120. The van der Waals surface area contributed by atoms with Gasteiger partial charge in [-0.3, -0.25) is 0 Å². The van der Waals surface area contributed by atoms with Crippen LogP contribution in [-0.2, 0) is 4.74 Å². The number of hydrogen-bond acceptors (Lipinski definition) is 3. The largest absolute Gasteiger partial charge is 0.383 e. The molecule has 2 atom stereocenters. The Morgan fingerprint density at radius 3 is 2.72 bits per heavy atom. The molecule has 18 heavy (non-hydrogen) atoms. The molecule has 0 aliphatic heterocycles. The zero-order chi connectivity index (χ0) is 13.4. The average molecular weight is 256 g/mol. The van der Waals surface area contributed by atoms with E-state index in [0.29, 0.717) is 0 Å². The fourth-order valence-electron chi connectivity index (χ4n) is 3.11. The van der Waals surface area contributed by atoms with Crippen LogP contribution in [0.15, 0.2) is 0 Å². The van der Waals surface area contributed by atoms with E-state index in [1.165, 1.54) is 32.4 Å². The molecule has 0 saturated heterocycles. The van der Waals surface area contributed by atoms with Gasteiger partial charge in [0.05, 0.1) is 6.61 Å². The van der Waals surface area contributed by atoms with Crippen LogP contribution in [0.1, 0.15) is 40.0 Å². The van der Waals surface area contributed by atoms with Crippen molar-refractivity contribution in [2.75, 3.05) is 39.9 Å². The van der Waals surface area contributed by atoms with Crippen molar-refractivity contribution in [2.24, 2.45) is 11.8 Å². The van der Waals surface area contributed by atoms with E-state index in [0.717, 1.165) is 37.6 Å². The van der Waals surface area contributed by atoms with Crippen LogP contribution in [0.4, 0.5) is 0 Å². The average Bonchev–Trinajstić information content (AvgIpc) is 2.73. The van der Waals surface area contributed by atoms with Crippen molar-refractivity contribution in [3.63, 3.8) is 0 Å². The molecule has 0 heterocycles. The van der Waals surface area contributed by atoms with Gasteiger partial charge in [-0.25, -0.2) is 0 Å². The van der Waals surface area contributed by atoms with Crippen LogP contribution < -0.4 is 5.32 Å². The number of methoxy groups -OCH3 is 1. The maximum absolute atomic E-state index is 5.24. The summed E-state index contributed by atoms with van der Waals surface area (Å²) in [5.41, 5.74) is 0. The SMILES string of the molecule is CCNC1CCCC1CN(CCOC)CC(C)C. The lowest BCUT2D eigenvalue weighted by atomic mass is 10.0. The van der Waals surface area contributed by atoms with E-state index in [9.17, 15) is 0 Å². The molecule has 0 radical (unpaired) electrons. The van der Waals surface area contributed by atoms with Gasteiger partial charge in [0, 0.05) is 32.8 Å². The number of nitrogens with zero attached hydrogens (tertiary/aromatic N) is 1. The summed E-state index contributed by atoms with van der Waals surface area (Å²) >= 11 is 0. The minimum Gasteiger partial charge on any atom is -0.383 e. The molecule has 108 valence electrons. The van der Waals surface area contributed by atoms with Gasteiger partial charge in [-0.1, -0.05) is 27.2 Å². The number of rotatable bonds is 9. The van der Waals surface area contributed by atoms with Gasteiger partial charge >= 0.3 is 0 Å². The first kappa shape index (κ1) is 15.9. The summed E-state index contributed by atoms with van der Waals surface area (Å²) in [7, 11) is 1.80. The Morgan fingerprint density at radius 2 is 2.11 bits per heavy atom. The third-order valence-electron chi connectivity index (χ3n) is 3.85. The molecule has 1 rings (SSSR count). The molecule has 1 fully saturated rings. The Bertz CT molecular complexity index is 209. The molecule has 0 amide bonds. The molecule has 1 N–H and O–H groups in total. The predicted molar refractivity (Wildman–Crippen MR) is 78.0 cm³/mol. The summed E-state index contributed by atoms with van der Waals surface area (Å²) in [4.78, 5) is 2.59. The van der Waals surface area contributed by atoms with E-state index < -0.39 is 0 Å². The van der Waals surface area contributed by atoms with Gasteiger partial charge in [0.1, 0.15) is 0 Å². The quantitative estimate of drug-likeness (QED) is 0.685. The zero-order valence-electron chi connectivity index (χ0n) is 12.7. The molecule has 0 aromatic carbocycles. The highest BCUT2D eigenvalue weighted by Gasteiger charge is 2.28. The molecule has 1 aliphatic carbocycles. The summed E-state index contributed by atoms with van der Waals surface area (Å²) in [6.07, 6.45) is 4.14. The number of hydrogen-bond donors (Lipinski definition) is 1. The monoisotopic (exact) mass is 256 g/mol. The minimum absolute atomic E-state index is 0.737. The predicted octanol–water partition coefficient (Wildman–Crippen LogP) is 2.37. The van der Waals surface area contributed by atoms with Gasteiger partial charge in [0.15, 0.2) is 0 Å². The third-order valence-corrected chi connectivity index (χ3v) is 3.85. The molecule has 2 unspecified atom stereocenters. The molecular formula is C15H32N2O. The lowest BCUT2D eigenvalue weighted by molar-refractivity contribution is 0.124. The van der Waals surface area contributed by atoms with E-state index in [4.69, 9.17) is 4.74 Å². The van der Waals surface area contributed by atoms with Gasteiger partial charge in [-0.2, -0.15) is 0 Å². The molecular weight excluding hydrogens is 224 g/mol. The van der Waals surface area contributed by atoms with E-state index in [1.54, 1.807) is 7.11 Å². The summed E-state index contributed by atoms with van der Waals surface area (Å²) < 4.78 is 5.24. The van der Waals surface area contributed by atoms with Crippen LogP contribution in [0, 0.1) is 11.8 Å². The van der Waals surface area contributed by atoms with E-state index in [2.05, 4.69) is 31.0 Å². The molecule has 0 bridgehead atoms. The summed E-state index contributed by atoms with van der Waals surface area (Å²) in [5.74, 6) is 1.57. The molecule has 1 saturated carbocycles. The van der Waals surface area contributed by atoms with Gasteiger partial charge in [0.2, 0.25) is 0 Å². The third kappa shape index (κ3) is 5.68. The van der Waals surface area contributed by atoms with Crippen LogP contribution in [0.3, 0.4) is 0 Å². The first-order valence-corrected chi connectivity index (χ1v) is 7.62. The lowest BCUT2D eigenvalue weighted by Gasteiger charge is -2.30. The van der Waals surface area contributed by atoms with E-state index >= 15 is 0 Å². The van der Waals surface area contributed by atoms with Crippen molar-refractivity contribution in [1.29, 1.82) is 0 Å². The van der Waals surface area contributed by atoms with Crippen molar-refractivity contribution in [3.8, 4) is 0 Å². The van der Waals surface area contributed by atoms with Crippen molar-refractivity contribution < 1.29 is 4.74 Å². The smallest absolute Gasteiger partial charge is 0.0589 e. The van der Waals surface area contributed by atoms with Crippen molar-refractivity contribution in [2.45, 2.75) is 46.1 Å². The summed E-state index contributed by atoms with van der Waals surface area (Å²) in [6, 6.07) is 0.743. The fourth-order valence-corrected chi connectivity index (χ4v) is 3.11. The first-order chi connectivity index (χ1) is 8.67. The minimum atomic E-state index is 0.737. The number of nitrogens with one attached hydrogen (secondary N) is 1. The highest BCUT2D eigenvalue weighted by molar-refractivity contribution is 4.85. The Kier molecular flexibility index (Phi) is 7.87. The second-order valence-electron chi connectivity index (χ2n) is 6.00. The van der Waals surface area contributed by atoms with Crippen molar-refractivity contribution in [1.82, 2.24) is 10.2 Å². The summed E-state index contributed by atoms with van der Waals surface area (Å²) in [6.45, 7) is 12.3. The second kappa shape index (κ2) is 8.89. The fraction of sp³-hybridized carbons (Fsp3) is 1.00. The van der Waals surface area contributed by atoms with E-state index in [-0.39, 0.29) is 0 Å². The Morgan fingerprint density at radius 1 is 1.33 bits per heavy atom. The molecule has 1 aliphatic rings. The molecule has 0 aromatic rings. The Labute approximate surface area is 113 Å². The molecule has 3 nitrogen and oxygen atoms in total. The standard InChI is InChI=1S/C15H32N2O/c1-5-16-15-8-6-7-14(15)12-17(9-10-18-4)11-13(2)3/h13-16H,5-12H2,1-4H3. The van der Waals surface area contributed by atoms with Crippen LogP contribution >= 0.6 is 0 Å². The Balaban J connectivity index is 2.42. The highest BCUT2D eigenvalue weighted by atomic mass is 16.5. The zero-order valence-corrected chi connectivity index (χ0v) is 12.7. The first-order valence-electron chi connectivity index (χ1n) is 7.62. The molecule has 0 spiro atoms. The van der Waals surface area contributed by atoms with Gasteiger partial charge in [0.25, 0.3) is 0 Å². The van der Waals surface area contributed by atoms with Gasteiger partial charge < -0.3 is 15.0 Å². The normalized spacial score (nSPS) is 24.3. The van der Waals surface area contributed by atoms with Crippen LogP contribution in [0.2, 0.25) is 0 Å². The van der Waals surface area contributed by atoms with Crippen molar-refractivity contribution >= 4 is 0 Å². The van der Waals surface area contributed by atoms with Gasteiger partial charge in [-0.05, 0) is 31.2 Å². The lowest BCUT2D eigenvalue weighted by Crippen LogP contribution is -2.41. The van der Waals surface area contributed by atoms with Crippen LogP contribution in [-0.4, -0.2) is 50.8 Å². The molecule has 3 heteroatoms. The number of ether oxygens (including phenoxy) is 1. The van der Waals surface area contributed by atoms with Crippen molar-refractivity contribution in [3.05, 3.63) is 0 Å². The maximum atomic E-state index is 5.24. The molecule has 0 aromatic heterocycles. The maximum Gasteiger partial charge on any atom is 0.0589 e. The highest BCUT2D eigenvalue weighted by Crippen LogP contribution is 2.26. The van der Waals surface area contributed by atoms with Crippen LogP contribution in [0.25, 0.3) is 0 Å². The second-order valence-corrected chi connectivity index (χ2v) is 6.00. The summed E-state index contributed by atoms with van der Waals surface area (Å²) in [5, 5.41) is 3.65. The van der Waals surface area contributed by atoms with Crippen LogP contribution in [0.5, 0.6) is 0 Å². The topological polar surface area (TPSA) is 24.5 Å². The van der Waals surface area contributed by atoms with E-state index in [1.807, 2.05) is 0 Å².